The number of ether oxygens (including phenoxy) is 1. The molecule has 6 heteroatoms. The molecule has 22 heavy (non-hydrogen) atoms. The topological polar surface area (TPSA) is 58.6 Å². The zero-order chi connectivity index (χ0) is 16.2. The summed E-state index contributed by atoms with van der Waals surface area (Å²) in [5, 5.41) is 11.3. The van der Waals surface area contributed by atoms with Gasteiger partial charge in [-0.05, 0) is 36.1 Å². The number of rotatable bonds is 5. The number of amides is 1. The number of carbonyl (C=O) groups is 1. The molecule has 1 heterocycles. The molecule has 1 fully saturated rings. The number of morpholine rings is 1. The molecule has 0 radical (unpaired) electrons. The van der Waals surface area contributed by atoms with Crippen LogP contribution in [-0.2, 0) is 4.74 Å². The van der Waals surface area contributed by atoms with E-state index in [2.05, 4.69) is 26.2 Å². The van der Waals surface area contributed by atoms with Gasteiger partial charge >= 0.3 is 6.09 Å². The molecule has 1 aliphatic heterocycles. The van der Waals surface area contributed by atoms with Crippen LogP contribution in [0.25, 0.3) is 0 Å². The van der Waals surface area contributed by atoms with Crippen LogP contribution in [0.2, 0.25) is 0 Å². The van der Waals surface area contributed by atoms with Crippen LogP contribution in [0.1, 0.15) is 31.7 Å². The van der Waals surface area contributed by atoms with Crippen molar-refractivity contribution in [2.45, 2.75) is 31.1 Å². The Morgan fingerprint density at radius 3 is 2.73 bits per heavy atom. The largest absolute Gasteiger partial charge is 0.465 e. The van der Waals surface area contributed by atoms with Crippen LogP contribution in [0.5, 0.6) is 0 Å². The van der Waals surface area contributed by atoms with Crippen molar-refractivity contribution in [3.63, 3.8) is 0 Å². The van der Waals surface area contributed by atoms with Crippen LogP contribution in [0.15, 0.2) is 23.1 Å². The van der Waals surface area contributed by atoms with E-state index in [9.17, 15) is 4.79 Å². The van der Waals surface area contributed by atoms with Crippen LogP contribution in [-0.4, -0.2) is 48.4 Å². The first-order chi connectivity index (χ1) is 10.4. The van der Waals surface area contributed by atoms with Gasteiger partial charge in [0.25, 0.3) is 0 Å². The first-order valence-electron chi connectivity index (χ1n) is 7.69. The molecule has 5 nitrogen and oxygen atoms in total. The highest BCUT2D eigenvalue weighted by molar-refractivity contribution is 7.93. The smallest absolute Gasteiger partial charge is 0.409 e. The Morgan fingerprint density at radius 1 is 1.45 bits per heavy atom. The minimum Gasteiger partial charge on any atom is -0.465 e. The summed E-state index contributed by atoms with van der Waals surface area (Å²) >= 11 is 1.85. The Hall–Kier alpha value is -1.24. The van der Waals surface area contributed by atoms with Gasteiger partial charge in [0.05, 0.1) is 25.2 Å². The number of nitrogens with one attached hydrogen (secondary N) is 1. The molecule has 1 atom stereocenters. The molecule has 1 unspecified atom stereocenters. The third-order valence-corrected chi connectivity index (χ3v) is 5.51. The van der Waals surface area contributed by atoms with E-state index in [1.165, 1.54) is 10.5 Å². The van der Waals surface area contributed by atoms with Gasteiger partial charge in [0.2, 0.25) is 0 Å². The van der Waals surface area contributed by atoms with Gasteiger partial charge in [-0.25, -0.2) is 4.79 Å². The lowest BCUT2D eigenvalue weighted by Crippen LogP contribution is -2.46. The van der Waals surface area contributed by atoms with Crippen molar-refractivity contribution in [1.29, 1.82) is 0 Å². The maximum atomic E-state index is 10.8. The van der Waals surface area contributed by atoms with Gasteiger partial charge in [0.15, 0.2) is 0 Å². The fraction of sp³-hybridized carbons (Fsp3) is 0.562. The van der Waals surface area contributed by atoms with Gasteiger partial charge in [-0.1, -0.05) is 13.8 Å². The molecular weight excluding hydrogens is 300 g/mol. The van der Waals surface area contributed by atoms with E-state index >= 15 is 0 Å². The summed E-state index contributed by atoms with van der Waals surface area (Å²) in [6, 6.07) is 5.85. The number of anilines is 1. The summed E-state index contributed by atoms with van der Waals surface area (Å²) in [5.41, 5.74) is 1.85. The minimum absolute atomic E-state index is 0.394. The van der Waals surface area contributed by atoms with Gasteiger partial charge in [0.1, 0.15) is 25.0 Å². The van der Waals surface area contributed by atoms with Crippen LogP contribution < -0.4 is 5.32 Å². The Balaban J connectivity index is 2.26. The van der Waals surface area contributed by atoms with Crippen molar-refractivity contribution in [2.75, 3.05) is 38.7 Å². The van der Waals surface area contributed by atoms with Gasteiger partial charge in [-0.15, -0.1) is 0 Å². The van der Waals surface area contributed by atoms with E-state index in [-0.39, 0.29) is 0 Å². The van der Waals surface area contributed by atoms with E-state index in [1.54, 1.807) is 0 Å². The molecule has 0 aromatic heterocycles. The fourth-order valence-electron chi connectivity index (χ4n) is 2.50. The lowest BCUT2D eigenvalue weighted by molar-refractivity contribution is -0.784. The van der Waals surface area contributed by atoms with Gasteiger partial charge in [0, 0.05) is 5.69 Å². The van der Waals surface area contributed by atoms with Crippen molar-refractivity contribution >= 4 is 23.7 Å². The summed E-state index contributed by atoms with van der Waals surface area (Å²) in [4.78, 5) is 12.1. The molecule has 2 N–H and O–H groups in total. The molecule has 0 spiro atoms. The molecule has 1 aromatic carbocycles. The van der Waals surface area contributed by atoms with Crippen LogP contribution >= 0.6 is 11.9 Å². The van der Waals surface area contributed by atoms with Gasteiger partial charge in [-0.2, -0.15) is 0 Å². The fourth-order valence-corrected chi connectivity index (χ4v) is 3.80. The Morgan fingerprint density at radius 2 is 2.14 bits per heavy atom. The SMILES string of the molecule is CCC(C)c1cc(NC(=O)O)ccc1S[N+]1(C)CCOCC1. The number of likely N-dealkylation sites (N-methyl/N-ethyl adjacent to an activating group) is 1. The maximum Gasteiger partial charge on any atom is 0.409 e. The Kier molecular flexibility index (Phi) is 5.72. The highest BCUT2D eigenvalue weighted by Crippen LogP contribution is 2.37. The van der Waals surface area contributed by atoms with Gasteiger partial charge < -0.3 is 9.84 Å². The number of quaternary nitrogens is 1. The van der Waals surface area contributed by atoms with Crippen molar-refractivity contribution in [2.24, 2.45) is 0 Å². The summed E-state index contributed by atoms with van der Waals surface area (Å²) in [7, 11) is 2.23. The number of nitrogens with zero attached hydrogens (tertiary/aromatic N) is 1. The normalized spacial score (nSPS) is 18.7. The average molecular weight is 325 g/mol. The minimum atomic E-state index is -1.03. The molecule has 2 rings (SSSR count). The molecule has 122 valence electrons. The molecule has 1 aliphatic rings. The van der Waals surface area contributed by atoms with E-state index < -0.39 is 6.09 Å². The Bertz CT molecular complexity index is 530. The average Bonchev–Trinajstić information content (AvgIpc) is 2.48. The second-order valence-corrected chi connectivity index (χ2v) is 7.44. The van der Waals surface area contributed by atoms with E-state index in [0.29, 0.717) is 11.6 Å². The third kappa shape index (κ3) is 4.38. The summed E-state index contributed by atoms with van der Waals surface area (Å²) in [6.07, 6.45) is -0.000587. The lowest BCUT2D eigenvalue weighted by Gasteiger charge is -2.35. The lowest BCUT2D eigenvalue weighted by atomic mass is 9.98. The van der Waals surface area contributed by atoms with E-state index in [0.717, 1.165) is 36.6 Å². The quantitative estimate of drug-likeness (QED) is 0.639. The number of hydrogen-bond acceptors (Lipinski definition) is 3. The van der Waals surface area contributed by atoms with Gasteiger partial charge in [-0.3, -0.25) is 9.21 Å². The predicted molar refractivity (Wildman–Crippen MR) is 89.4 cm³/mol. The summed E-state index contributed by atoms with van der Waals surface area (Å²) in [5.74, 6) is 0.394. The molecule has 1 amide bonds. The second-order valence-electron chi connectivity index (χ2n) is 5.94. The second kappa shape index (κ2) is 7.35. The first-order valence-corrected chi connectivity index (χ1v) is 8.46. The van der Waals surface area contributed by atoms with Crippen molar-refractivity contribution in [3.05, 3.63) is 23.8 Å². The Labute approximate surface area is 136 Å². The van der Waals surface area contributed by atoms with Crippen LogP contribution in [0.3, 0.4) is 0 Å². The zero-order valence-corrected chi connectivity index (χ0v) is 14.3. The number of hydrogen-bond donors (Lipinski definition) is 2. The third-order valence-electron chi connectivity index (χ3n) is 4.14. The van der Waals surface area contributed by atoms with Crippen molar-refractivity contribution in [1.82, 2.24) is 0 Å². The molecule has 1 saturated heterocycles. The molecule has 0 bridgehead atoms. The van der Waals surface area contributed by atoms with Crippen molar-refractivity contribution < 1.29 is 18.5 Å². The molecule has 0 saturated carbocycles. The van der Waals surface area contributed by atoms with E-state index in [1.807, 2.05) is 30.1 Å². The molecular formula is C16H25N2O3S+. The van der Waals surface area contributed by atoms with Crippen LogP contribution in [0, 0.1) is 0 Å². The standard InChI is InChI=1S/C16H24N2O3S/c1-4-12(2)14-11-13(17-16(19)20)5-6-15(14)22-18(3)7-9-21-10-8-18/h5-6,11-12,17H,4,7-10H2,1-3H3/p+1. The number of benzene rings is 1. The summed E-state index contributed by atoms with van der Waals surface area (Å²) < 4.78 is 6.36. The predicted octanol–water partition coefficient (Wildman–Crippen LogP) is 3.77. The monoisotopic (exact) mass is 325 g/mol. The molecule has 1 aromatic rings. The maximum absolute atomic E-state index is 10.8. The number of carboxylic acid groups (broad SMARTS) is 1. The highest BCUT2D eigenvalue weighted by atomic mass is 32.2. The molecule has 0 aliphatic carbocycles. The van der Waals surface area contributed by atoms with Crippen LogP contribution in [0.4, 0.5) is 10.5 Å². The van der Waals surface area contributed by atoms with E-state index in [4.69, 9.17) is 9.84 Å². The summed E-state index contributed by atoms with van der Waals surface area (Å²) in [6.45, 7) is 7.89. The zero-order valence-electron chi connectivity index (χ0n) is 13.5. The highest BCUT2D eigenvalue weighted by Gasteiger charge is 2.29. The first kappa shape index (κ1) is 17.1. The van der Waals surface area contributed by atoms with Crippen molar-refractivity contribution in [3.8, 4) is 0 Å².